The molecule has 0 bridgehead atoms. The Labute approximate surface area is 86.0 Å². The number of aromatic carboxylic acids is 1. The molecule has 2 aromatic heterocycles. The molecule has 0 fully saturated rings. The highest BCUT2D eigenvalue weighted by molar-refractivity contribution is 6.00. The lowest BCUT2D eigenvalue weighted by Crippen LogP contribution is -2.00. The van der Waals surface area contributed by atoms with E-state index in [1.54, 1.807) is 24.4 Å². The third kappa shape index (κ3) is 1.65. The van der Waals surface area contributed by atoms with Gasteiger partial charge in [-0.15, -0.1) is 12.4 Å². The van der Waals surface area contributed by atoms with Crippen molar-refractivity contribution in [2.24, 2.45) is 0 Å². The second-order valence-corrected chi connectivity index (χ2v) is 2.53. The monoisotopic (exact) mass is 210 g/mol. The molecule has 0 amide bonds. The van der Waals surface area contributed by atoms with Gasteiger partial charge in [0.15, 0.2) is 5.69 Å². The molecule has 1 N–H and O–H groups in total. The minimum atomic E-state index is -1.03. The highest BCUT2D eigenvalue weighted by Crippen LogP contribution is 2.13. The summed E-state index contributed by atoms with van der Waals surface area (Å²) in [7, 11) is 0. The number of aromatic nitrogens is 2. The maximum absolute atomic E-state index is 10.7. The van der Waals surface area contributed by atoms with E-state index in [0.29, 0.717) is 10.9 Å². The van der Waals surface area contributed by atoms with Gasteiger partial charge < -0.3 is 5.11 Å². The number of pyridine rings is 2. The molecule has 2 heterocycles. The van der Waals surface area contributed by atoms with Crippen LogP contribution in [-0.4, -0.2) is 21.0 Å². The average molecular weight is 211 g/mol. The number of carboxylic acid groups (broad SMARTS) is 1. The van der Waals surface area contributed by atoms with E-state index in [1.807, 2.05) is 0 Å². The molecule has 72 valence electrons. The van der Waals surface area contributed by atoms with Crippen LogP contribution in [0, 0.1) is 0 Å². The first-order chi connectivity index (χ1) is 6.29. The first kappa shape index (κ1) is 10.4. The van der Waals surface area contributed by atoms with Crippen LogP contribution < -0.4 is 0 Å². The van der Waals surface area contributed by atoms with Gasteiger partial charge in [0.1, 0.15) is 0 Å². The smallest absolute Gasteiger partial charge is 0.355 e. The normalized spacial score (nSPS) is 9.43. The molecule has 0 aliphatic heterocycles. The summed E-state index contributed by atoms with van der Waals surface area (Å²) >= 11 is 0. The second-order valence-electron chi connectivity index (χ2n) is 2.53. The fourth-order valence-electron chi connectivity index (χ4n) is 1.17. The van der Waals surface area contributed by atoms with Gasteiger partial charge in [-0.05, 0) is 18.2 Å². The Morgan fingerprint density at radius 2 is 2.00 bits per heavy atom. The summed E-state index contributed by atoms with van der Waals surface area (Å²) in [5, 5.41) is 9.36. The van der Waals surface area contributed by atoms with Crippen LogP contribution in [0.25, 0.3) is 10.9 Å². The largest absolute Gasteiger partial charge is 0.476 e. The molecule has 0 aromatic carbocycles. The van der Waals surface area contributed by atoms with Crippen molar-refractivity contribution in [2.75, 3.05) is 0 Å². The lowest BCUT2D eigenvalue weighted by Gasteiger charge is -1.98. The van der Waals surface area contributed by atoms with E-state index in [2.05, 4.69) is 9.97 Å². The van der Waals surface area contributed by atoms with Gasteiger partial charge in [-0.3, -0.25) is 4.98 Å². The second kappa shape index (κ2) is 4.02. The Morgan fingerprint density at radius 1 is 1.21 bits per heavy atom. The van der Waals surface area contributed by atoms with Gasteiger partial charge in [-0.2, -0.15) is 0 Å². The molecule has 0 saturated heterocycles. The molecule has 0 radical (unpaired) electrons. The van der Waals surface area contributed by atoms with Crippen molar-refractivity contribution >= 4 is 29.3 Å². The molecule has 5 heteroatoms. The van der Waals surface area contributed by atoms with Crippen molar-refractivity contribution in [1.29, 1.82) is 0 Å². The number of hydrogen-bond donors (Lipinski definition) is 1. The lowest BCUT2D eigenvalue weighted by atomic mass is 10.2. The van der Waals surface area contributed by atoms with Crippen LogP contribution in [0.3, 0.4) is 0 Å². The maximum Gasteiger partial charge on any atom is 0.355 e. The van der Waals surface area contributed by atoms with E-state index in [0.717, 1.165) is 0 Å². The Hall–Kier alpha value is -1.68. The standard InChI is InChI=1S/C9H6N2O2.ClH/c12-9(13)8-6-2-1-4-10-7(6)3-5-11-8;/h1-5H,(H,12,13);1H. The fraction of sp³-hybridized carbons (Fsp3) is 0. The molecule has 0 aliphatic rings. The lowest BCUT2D eigenvalue weighted by molar-refractivity contribution is 0.0693. The molecule has 0 unspecified atom stereocenters. The van der Waals surface area contributed by atoms with Gasteiger partial charge in [-0.25, -0.2) is 9.78 Å². The third-order valence-electron chi connectivity index (χ3n) is 1.73. The first-order valence-corrected chi connectivity index (χ1v) is 3.72. The Bertz CT molecular complexity index is 468. The zero-order valence-electron chi connectivity index (χ0n) is 7.04. The average Bonchev–Trinajstić information content (AvgIpc) is 2.17. The van der Waals surface area contributed by atoms with E-state index in [1.165, 1.54) is 6.20 Å². The number of rotatable bonds is 1. The molecule has 2 aromatic rings. The third-order valence-corrected chi connectivity index (χ3v) is 1.73. The SMILES string of the molecule is Cl.O=C(O)c1nccc2ncccc12. The Morgan fingerprint density at radius 3 is 2.71 bits per heavy atom. The fourth-order valence-corrected chi connectivity index (χ4v) is 1.17. The van der Waals surface area contributed by atoms with Crippen molar-refractivity contribution in [3.63, 3.8) is 0 Å². The van der Waals surface area contributed by atoms with Crippen molar-refractivity contribution in [1.82, 2.24) is 9.97 Å². The van der Waals surface area contributed by atoms with E-state index in [-0.39, 0.29) is 18.1 Å². The molecule has 0 aliphatic carbocycles. The van der Waals surface area contributed by atoms with Crippen LogP contribution in [-0.2, 0) is 0 Å². The van der Waals surface area contributed by atoms with Gasteiger partial charge in [0.2, 0.25) is 0 Å². The molecule has 14 heavy (non-hydrogen) atoms. The zero-order valence-corrected chi connectivity index (χ0v) is 7.86. The predicted octanol–water partition coefficient (Wildman–Crippen LogP) is 1.75. The summed E-state index contributed by atoms with van der Waals surface area (Å²) in [5.74, 6) is -1.03. The molecular formula is C9H7ClN2O2. The summed E-state index contributed by atoms with van der Waals surface area (Å²) in [6, 6.07) is 5.07. The number of nitrogens with zero attached hydrogens (tertiary/aromatic N) is 2. The summed E-state index contributed by atoms with van der Waals surface area (Å²) in [5.41, 5.74) is 0.695. The van der Waals surface area contributed by atoms with Crippen LogP contribution in [0.15, 0.2) is 30.6 Å². The van der Waals surface area contributed by atoms with Crippen LogP contribution in [0.2, 0.25) is 0 Å². The molecule has 2 rings (SSSR count). The molecule has 0 spiro atoms. The predicted molar refractivity (Wildman–Crippen MR) is 53.7 cm³/mol. The quantitative estimate of drug-likeness (QED) is 0.779. The molecular weight excluding hydrogens is 204 g/mol. The van der Waals surface area contributed by atoms with Crippen molar-refractivity contribution in [3.05, 3.63) is 36.3 Å². The Balaban J connectivity index is 0.000000980. The van der Waals surface area contributed by atoms with Crippen molar-refractivity contribution in [2.45, 2.75) is 0 Å². The van der Waals surface area contributed by atoms with Crippen molar-refractivity contribution < 1.29 is 9.90 Å². The van der Waals surface area contributed by atoms with Gasteiger partial charge in [0.05, 0.1) is 5.52 Å². The molecule has 0 saturated carbocycles. The maximum atomic E-state index is 10.7. The number of halogens is 1. The number of hydrogen-bond acceptors (Lipinski definition) is 3. The van der Waals surface area contributed by atoms with Crippen molar-refractivity contribution in [3.8, 4) is 0 Å². The van der Waals surface area contributed by atoms with Gasteiger partial charge in [-0.1, -0.05) is 0 Å². The molecule has 4 nitrogen and oxygen atoms in total. The minimum absolute atomic E-state index is 0. The summed E-state index contributed by atoms with van der Waals surface area (Å²) in [6.07, 6.45) is 3.06. The van der Waals surface area contributed by atoms with Crippen LogP contribution >= 0.6 is 12.4 Å². The van der Waals surface area contributed by atoms with Crippen LogP contribution in [0.4, 0.5) is 0 Å². The zero-order chi connectivity index (χ0) is 9.26. The van der Waals surface area contributed by atoms with Crippen LogP contribution in [0.5, 0.6) is 0 Å². The van der Waals surface area contributed by atoms with Gasteiger partial charge in [0.25, 0.3) is 0 Å². The number of carboxylic acids is 1. The minimum Gasteiger partial charge on any atom is -0.476 e. The van der Waals surface area contributed by atoms with Gasteiger partial charge >= 0.3 is 5.97 Å². The van der Waals surface area contributed by atoms with Crippen LogP contribution in [0.1, 0.15) is 10.5 Å². The number of carbonyl (C=O) groups is 1. The van der Waals surface area contributed by atoms with E-state index < -0.39 is 5.97 Å². The summed E-state index contributed by atoms with van der Waals surface area (Å²) in [4.78, 5) is 18.5. The summed E-state index contributed by atoms with van der Waals surface area (Å²) < 4.78 is 0. The summed E-state index contributed by atoms with van der Waals surface area (Å²) in [6.45, 7) is 0. The van der Waals surface area contributed by atoms with Gasteiger partial charge in [0, 0.05) is 17.8 Å². The van der Waals surface area contributed by atoms with E-state index in [9.17, 15) is 4.79 Å². The highest BCUT2D eigenvalue weighted by atomic mass is 35.5. The van der Waals surface area contributed by atoms with E-state index in [4.69, 9.17) is 5.11 Å². The van der Waals surface area contributed by atoms with E-state index >= 15 is 0 Å². The number of fused-ring (bicyclic) bond motifs is 1. The topological polar surface area (TPSA) is 63.1 Å². The molecule has 0 atom stereocenters. The Kier molecular flexibility index (Phi) is 2.99. The first-order valence-electron chi connectivity index (χ1n) is 3.72. The highest BCUT2D eigenvalue weighted by Gasteiger charge is 2.08.